The van der Waals surface area contributed by atoms with Gasteiger partial charge in [0.05, 0.1) is 12.5 Å². The maximum absolute atomic E-state index is 12.7. The second-order valence-corrected chi connectivity index (χ2v) is 8.27. The lowest BCUT2D eigenvalue weighted by atomic mass is 9.89. The second-order valence-electron chi connectivity index (χ2n) is 8.27. The Hall–Kier alpha value is -2.12. The predicted octanol–water partition coefficient (Wildman–Crippen LogP) is 1.59. The van der Waals surface area contributed by atoms with Gasteiger partial charge in [0.25, 0.3) is 0 Å². The van der Waals surface area contributed by atoms with Gasteiger partial charge >= 0.3 is 0 Å². The van der Waals surface area contributed by atoms with Crippen LogP contribution in [0.15, 0.2) is 30.3 Å². The minimum absolute atomic E-state index is 0.0753. The van der Waals surface area contributed by atoms with Crippen LogP contribution < -0.4 is 10.2 Å². The minimum atomic E-state index is -0.131. The maximum Gasteiger partial charge on any atom is 0.225 e. The molecule has 2 fully saturated rings. The van der Waals surface area contributed by atoms with Gasteiger partial charge in [-0.2, -0.15) is 0 Å². The highest BCUT2D eigenvalue weighted by molar-refractivity contribution is 5.84. The van der Waals surface area contributed by atoms with Crippen molar-refractivity contribution in [1.29, 1.82) is 0 Å². The predicted molar refractivity (Wildman–Crippen MR) is 118 cm³/mol. The Morgan fingerprint density at radius 1 is 1.13 bits per heavy atom. The van der Waals surface area contributed by atoms with Crippen LogP contribution in [0.1, 0.15) is 26.2 Å². The number of carbonyl (C=O) groups is 2. The fourth-order valence-corrected chi connectivity index (χ4v) is 4.49. The molecule has 0 bridgehead atoms. The average molecular weight is 417 g/mol. The van der Waals surface area contributed by atoms with Crippen molar-refractivity contribution in [2.24, 2.45) is 5.92 Å². The Labute approximate surface area is 180 Å². The van der Waals surface area contributed by atoms with E-state index in [0.29, 0.717) is 32.5 Å². The van der Waals surface area contributed by atoms with Gasteiger partial charge in [-0.3, -0.25) is 14.5 Å². The molecule has 2 heterocycles. The molecule has 7 nitrogen and oxygen atoms in total. The summed E-state index contributed by atoms with van der Waals surface area (Å²) < 4.78 is 5.10. The fourth-order valence-electron chi connectivity index (χ4n) is 4.49. The maximum atomic E-state index is 12.7. The quantitative estimate of drug-likeness (QED) is 0.620. The first-order chi connectivity index (χ1) is 14.6. The van der Waals surface area contributed by atoms with Gasteiger partial charge in [-0.15, -0.1) is 0 Å². The Kier molecular flexibility index (Phi) is 8.51. The second kappa shape index (κ2) is 11.3. The number of piperidine rings is 1. The van der Waals surface area contributed by atoms with Gasteiger partial charge in [0.1, 0.15) is 0 Å². The summed E-state index contributed by atoms with van der Waals surface area (Å²) in [5, 5.41) is 3.10. The van der Waals surface area contributed by atoms with E-state index in [1.807, 2.05) is 6.92 Å². The molecule has 2 atom stereocenters. The topological polar surface area (TPSA) is 65.1 Å². The molecule has 166 valence electrons. The number of amides is 2. The SMILES string of the molecule is COCCN1C(=O)CC[C@@H](C(=O)NCCCN2CCN(c3ccccc3)CC2)[C@H]1C. The molecule has 0 radical (unpaired) electrons. The molecular formula is C23H36N4O3. The number of nitrogens with zero attached hydrogens (tertiary/aromatic N) is 3. The number of anilines is 1. The van der Waals surface area contributed by atoms with Crippen LogP contribution in [0.2, 0.25) is 0 Å². The molecule has 0 spiro atoms. The number of carbonyl (C=O) groups excluding carboxylic acids is 2. The normalized spacial score (nSPS) is 22.9. The molecular weight excluding hydrogens is 380 g/mol. The van der Waals surface area contributed by atoms with Gasteiger partial charge in [0.15, 0.2) is 0 Å². The van der Waals surface area contributed by atoms with Crippen LogP contribution in [0, 0.1) is 5.92 Å². The lowest BCUT2D eigenvalue weighted by Gasteiger charge is -2.38. The number of benzene rings is 1. The standard InChI is InChI=1S/C23H36N4O3/c1-19-21(9-10-22(28)27(19)17-18-30-2)23(29)24-11-6-12-25-13-15-26(16-14-25)20-7-4-3-5-8-20/h3-5,7-8,19,21H,6,9-18H2,1-2H3,(H,24,29)/t19-,21-/m1/s1. The third-order valence-corrected chi connectivity index (χ3v) is 6.38. The number of piperazine rings is 1. The molecule has 0 aliphatic carbocycles. The van der Waals surface area contributed by atoms with Gasteiger partial charge in [-0.1, -0.05) is 18.2 Å². The van der Waals surface area contributed by atoms with Crippen molar-refractivity contribution < 1.29 is 14.3 Å². The smallest absolute Gasteiger partial charge is 0.225 e. The van der Waals surface area contributed by atoms with E-state index in [1.54, 1.807) is 12.0 Å². The Balaban J connectivity index is 1.34. The first-order valence-electron chi connectivity index (χ1n) is 11.2. The van der Waals surface area contributed by atoms with Gasteiger partial charge < -0.3 is 19.9 Å². The third kappa shape index (κ3) is 5.95. The summed E-state index contributed by atoms with van der Waals surface area (Å²) in [5.41, 5.74) is 1.30. The molecule has 2 aliphatic rings. The van der Waals surface area contributed by atoms with Crippen molar-refractivity contribution in [2.75, 3.05) is 64.4 Å². The lowest BCUT2D eigenvalue weighted by molar-refractivity contribution is -0.143. The molecule has 3 rings (SSSR count). The Morgan fingerprint density at radius 2 is 1.87 bits per heavy atom. The van der Waals surface area contributed by atoms with Crippen molar-refractivity contribution in [3.05, 3.63) is 30.3 Å². The molecule has 1 N–H and O–H groups in total. The highest BCUT2D eigenvalue weighted by Crippen LogP contribution is 2.24. The summed E-state index contributed by atoms with van der Waals surface area (Å²) in [6.45, 7) is 8.91. The van der Waals surface area contributed by atoms with Crippen molar-refractivity contribution in [2.45, 2.75) is 32.2 Å². The Bertz CT molecular complexity index is 676. The first-order valence-corrected chi connectivity index (χ1v) is 11.2. The van der Waals surface area contributed by atoms with Gasteiger partial charge in [0, 0.05) is 64.5 Å². The molecule has 0 aromatic heterocycles. The number of rotatable bonds is 9. The van der Waals surface area contributed by atoms with Crippen molar-refractivity contribution >= 4 is 17.5 Å². The van der Waals surface area contributed by atoms with Crippen LogP contribution in [-0.4, -0.2) is 87.2 Å². The molecule has 2 amide bonds. The van der Waals surface area contributed by atoms with Crippen molar-refractivity contribution in [3.8, 4) is 0 Å². The van der Waals surface area contributed by atoms with E-state index in [0.717, 1.165) is 39.1 Å². The molecule has 30 heavy (non-hydrogen) atoms. The number of ether oxygens (including phenoxy) is 1. The minimum Gasteiger partial charge on any atom is -0.383 e. The van der Waals surface area contributed by atoms with E-state index >= 15 is 0 Å². The number of methoxy groups -OCH3 is 1. The summed E-state index contributed by atoms with van der Waals surface area (Å²) in [4.78, 5) is 31.5. The largest absolute Gasteiger partial charge is 0.383 e. The fraction of sp³-hybridized carbons (Fsp3) is 0.652. The zero-order valence-electron chi connectivity index (χ0n) is 18.4. The summed E-state index contributed by atoms with van der Waals surface area (Å²) in [5.74, 6) is 0.0681. The number of nitrogens with one attached hydrogen (secondary N) is 1. The summed E-state index contributed by atoms with van der Waals surface area (Å²) >= 11 is 0. The van der Waals surface area contributed by atoms with Crippen molar-refractivity contribution in [3.63, 3.8) is 0 Å². The molecule has 2 aliphatic heterocycles. The van der Waals surface area contributed by atoms with Crippen LogP contribution in [0.3, 0.4) is 0 Å². The molecule has 7 heteroatoms. The van der Waals surface area contributed by atoms with Crippen LogP contribution in [0.25, 0.3) is 0 Å². The highest BCUT2D eigenvalue weighted by Gasteiger charge is 2.36. The molecule has 2 saturated heterocycles. The zero-order chi connectivity index (χ0) is 21.3. The first kappa shape index (κ1) is 22.6. The number of para-hydroxylation sites is 1. The van der Waals surface area contributed by atoms with Crippen LogP contribution in [0.4, 0.5) is 5.69 Å². The highest BCUT2D eigenvalue weighted by atomic mass is 16.5. The van der Waals surface area contributed by atoms with Gasteiger partial charge in [0.2, 0.25) is 11.8 Å². The average Bonchev–Trinajstić information content (AvgIpc) is 2.77. The van der Waals surface area contributed by atoms with E-state index < -0.39 is 0 Å². The molecule has 0 saturated carbocycles. The number of hydrogen-bond donors (Lipinski definition) is 1. The van der Waals surface area contributed by atoms with E-state index in [-0.39, 0.29) is 23.8 Å². The van der Waals surface area contributed by atoms with Crippen molar-refractivity contribution in [1.82, 2.24) is 15.1 Å². The summed E-state index contributed by atoms with van der Waals surface area (Å²) in [6, 6.07) is 10.5. The monoisotopic (exact) mass is 416 g/mol. The van der Waals surface area contributed by atoms with E-state index in [4.69, 9.17) is 4.74 Å². The Morgan fingerprint density at radius 3 is 2.57 bits per heavy atom. The summed E-state index contributed by atoms with van der Waals surface area (Å²) in [7, 11) is 1.63. The number of hydrogen-bond acceptors (Lipinski definition) is 5. The van der Waals surface area contributed by atoms with E-state index in [1.165, 1.54) is 5.69 Å². The van der Waals surface area contributed by atoms with Crippen LogP contribution >= 0.6 is 0 Å². The van der Waals surface area contributed by atoms with Crippen LogP contribution in [0.5, 0.6) is 0 Å². The molecule has 1 aromatic rings. The van der Waals surface area contributed by atoms with E-state index in [9.17, 15) is 9.59 Å². The van der Waals surface area contributed by atoms with Crippen LogP contribution in [-0.2, 0) is 14.3 Å². The summed E-state index contributed by atoms with van der Waals surface area (Å²) in [6.07, 6.45) is 2.03. The van der Waals surface area contributed by atoms with E-state index in [2.05, 4.69) is 45.4 Å². The molecule has 0 unspecified atom stereocenters. The third-order valence-electron chi connectivity index (χ3n) is 6.38. The van der Waals surface area contributed by atoms with Gasteiger partial charge in [-0.05, 0) is 38.4 Å². The van der Waals surface area contributed by atoms with Gasteiger partial charge in [-0.25, -0.2) is 0 Å². The number of likely N-dealkylation sites (tertiary alicyclic amines) is 1. The zero-order valence-corrected chi connectivity index (χ0v) is 18.4. The lowest BCUT2D eigenvalue weighted by Crippen LogP contribution is -2.52. The molecule has 1 aromatic carbocycles.